The Hall–Kier alpha value is -3.93. The van der Waals surface area contributed by atoms with Gasteiger partial charge in [-0.05, 0) is 48.5 Å². The molecule has 0 aliphatic rings. The van der Waals surface area contributed by atoms with Crippen molar-refractivity contribution in [2.45, 2.75) is 0 Å². The van der Waals surface area contributed by atoms with Gasteiger partial charge < -0.3 is 4.90 Å². The summed E-state index contributed by atoms with van der Waals surface area (Å²) in [5, 5.41) is 0. The summed E-state index contributed by atoms with van der Waals surface area (Å²) in [6.07, 6.45) is 0. The highest BCUT2D eigenvalue weighted by molar-refractivity contribution is 5.77. The minimum Gasteiger partial charge on any atom is -0.311 e. The molecule has 0 fully saturated rings. The van der Waals surface area contributed by atoms with E-state index in [1.165, 1.54) is 0 Å². The largest absolute Gasteiger partial charge is 0.351 e. The molecule has 0 radical (unpaired) electrons. The Morgan fingerprint density at radius 3 is 1.67 bits per heavy atom. The van der Waals surface area contributed by atoms with E-state index < -0.39 is 11.4 Å². The molecule has 2 N–H and O–H groups in total. The molecule has 1 aromatic heterocycles. The van der Waals surface area contributed by atoms with E-state index in [9.17, 15) is 9.59 Å². The predicted molar refractivity (Wildman–Crippen MR) is 106 cm³/mol. The van der Waals surface area contributed by atoms with Crippen molar-refractivity contribution in [3.05, 3.63) is 106 Å². The van der Waals surface area contributed by atoms with Gasteiger partial charge >= 0.3 is 11.4 Å². The lowest BCUT2D eigenvalue weighted by Crippen LogP contribution is -2.25. The number of anilines is 3. The molecule has 3 aromatic carbocycles. The topological polar surface area (TPSA) is 81.8 Å². The second-order valence-corrected chi connectivity index (χ2v) is 5.90. The Labute approximate surface area is 154 Å². The van der Waals surface area contributed by atoms with E-state index in [2.05, 4.69) is 19.9 Å². The molecule has 4 aromatic rings. The highest BCUT2D eigenvalue weighted by atomic mass is 16.2. The number of nitrogens with zero attached hydrogens (tertiary/aromatic N) is 2. The van der Waals surface area contributed by atoms with Crippen LogP contribution in [0.1, 0.15) is 0 Å². The zero-order valence-corrected chi connectivity index (χ0v) is 14.3. The van der Waals surface area contributed by atoms with E-state index in [4.69, 9.17) is 0 Å². The highest BCUT2D eigenvalue weighted by Gasteiger charge is 2.12. The fraction of sp³-hybridized carbons (Fsp3) is 0. The van der Waals surface area contributed by atoms with Crippen LogP contribution in [-0.2, 0) is 0 Å². The van der Waals surface area contributed by atoms with Gasteiger partial charge in [-0.1, -0.05) is 36.4 Å². The molecule has 0 bridgehead atoms. The molecule has 6 heteroatoms. The van der Waals surface area contributed by atoms with Gasteiger partial charge in [-0.2, -0.15) is 4.98 Å². The van der Waals surface area contributed by atoms with Gasteiger partial charge in [-0.25, -0.2) is 9.59 Å². The summed E-state index contributed by atoms with van der Waals surface area (Å²) in [5.41, 5.74) is 2.40. The summed E-state index contributed by atoms with van der Waals surface area (Å²) in [6, 6.07) is 27.6. The van der Waals surface area contributed by atoms with Crippen molar-refractivity contribution in [1.29, 1.82) is 0 Å². The molecule has 0 aliphatic heterocycles. The van der Waals surface area contributed by atoms with Crippen LogP contribution in [0.3, 0.4) is 0 Å². The van der Waals surface area contributed by atoms with E-state index in [1.807, 2.05) is 84.9 Å². The number of para-hydroxylation sites is 2. The van der Waals surface area contributed by atoms with Gasteiger partial charge in [0.1, 0.15) is 5.82 Å². The van der Waals surface area contributed by atoms with Crippen molar-refractivity contribution >= 4 is 17.1 Å². The zero-order chi connectivity index (χ0) is 18.6. The van der Waals surface area contributed by atoms with Crippen molar-refractivity contribution in [2.24, 2.45) is 0 Å². The third-order valence-electron chi connectivity index (χ3n) is 4.09. The molecular formula is C21H16N4O2. The molecule has 27 heavy (non-hydrogen) atoms. The molecule has 4 rings (SSSR count). The van der Waals surface area contributed by atoms with Crippen molar-refractivity contribution in [1.82, 2.24) is 15.0 Å². The number of H-pyrrole nitrogens is 2. The first-order valence-corrected chi connectivity index (χ1v) is 8.42. The highest BCUT2D eigenvalue weighted by Crippen LogP contribution is 2.34. The SMILES string of the molecule is O=c1nc(-c2ccc(N(c3ccccc3)c3ccccc3)cc2)[nH]c(=O)[nH]1. The van der Waals surface area contributed by atoms with E-state index in [0.717, 1.165) is 17.1 Å². The molecule has 6 nitrogen and oxygen atoms in total. The van der Waals surface area contributed by atoms with Crippen LogP contribution in [0.5, 0.6) is 0 Å². The lowest BCUT2D eigenvalue weighted by Gasteiger charge is -2.25. The summed E-state index contributed by atoms with van der Waals surface area (Å²) < 4.78 is 0. The van der Waals surface area contributed by atoms with Crippen LogP contribution in [-0.4, -0.2) is 15.0 Å². The Morgan fingerprint density at radius 2 is 1.15 bits per heavy atom. The van der Waals surface area contributed by atoms with Crippen molar-refractivity contribution < 1.29 is 0 Å². The first kappa shape index (κ1) is 16.5. The van der Waals surface area contributed by atoms with Crippen LogP contribution >= 0.6 is 0 Å². The van der Waals surface area contributed by atoms with E-state index in [-0.39, 0.29) is 5.82 Å². The van der Waals surface area contributed by atoms with E-state index in [0.29, 0.717) is 5.56 Å². The predicted octanol–water partition coefficient (Wildman–Crippen LogP) is 3.60. The van der Waals surface area contributed by atoms with Gasteiger partial charge in [-0.15, -0.1) is 0 Å². The van der Waals surface area contributed by atoms with Crippen LogP contribution < -0.4 is 16.3 Å². The summed E-state index contributed by atoms with van der Waals surface area (Å²) in [4.78, 5) is 33.5. The number of benzene rings is 3. The lowest BCUT2D eigenvalue weighted by molar-refractivity contribution is 0.943. The number of hydrogen-bond acceptors (Lipinski definition) is 4. The van der Waals surface area contributed by atoms with Gasteiger partial charge in [0.15, 0.2) is 0 Å². The molecule has 0 aliphatic carbocycles. The maximum atomic E-state index is 11.5. The van der Waals surface area contributed by atoms with Crippen LogP contribution in [0.15, 0.2) is 94.5 Å². The summed E-state index contributed by atoms with van der Waals surface area (Å²) in [6.45, 7) is 0. The van der Waals surface area contributed by atoms with Gasteiger partial charge in [0.25, 0.3) is 0 Å². The Balaban J connectivity index is 1.77. The van der Waals surface area contributed by atoms with Gasteiger partial charge in [-0.3, -0.25) is 9.97 Å². The molecule has 0 unspecified atom stereocenters. The van der Waals surface area contributed by atoms with Gasteiger partial charge in [0.2, 0.25) is 0 Å². The molecular weight excluding hydrogens is 340 g/mol. The van der Waals surface area contributed by atoms with Crippen molar-refractivity contribution in [3.63, 3.8) is 0 Å². The van der Waals surface area contributed by atoms with Gasteiger partial charge in [0.05, 0.1) is 0 Å². The van der Waals surface area contributed by atoms with Crippen LogP contribution in [0.2, 0.25) is 0 Å². The fourth-order valence-electron chi connectivity index (χ4n) is 2.90. The number of aromatic amines is 2. The molecule has 0 spiro atoms. The van der Waals surface area contributed by atoms with Crippen molar-refractivity contribution in [3.8, 4) is 11.4 Å². The average Bonchev–Trinajstić information content (AvgIpc) is 2.70. The average molecular weight is 356 g/mol. The maximum Gasteiger partial charge on any atom is 0.351 e. The summed E-state index contributed by atoms with van der Waals surface area (Å²) >= 11 is 0. The molecule has 132 valence electrons. The van der Waals surface area contributed by atoms with Crippen molar-refractivity contribution in [2.75, 3.05) is 4.90 Å². The minimum atomic E-state index is -0.673. The third-order valence-corrected chi connectivity index (χ3v) is 4.09. The summed E-state index contributed by atoms with van der Waals surface area (Å²) in [5.74, 6) is 0.237. The number of rotatable bonds is 4. The second kappa shape index (κ2) is 7.13. The smallest absolute Gasteiger partial charge is 0.311 e. The van der Waals surface area contributed by atoms with E-state index in [1.54, 1.807) is 0 Å². The molecule has 0 saturated carbocycles. The van der Waals surface area contributed by atoms with Gasteiger partial charge in [0, 0.05) is 22.6 Å². The Bertz CT molecular complexity index is 1080. The standard InChI is InChI=1S/C21H16N4O2/c26-20-22-19(23-21(27)24-20)15-11-13-18(14-12-15)25(16-7-3-1-4-8-16)17-9-5-2-6-10-17/h1-14H,(H2,22,23,24,26,27). The molecule has 0 amide bonds. The van der Waals surface area contributed by atoms with Crippen LogP contribution in [0.4, 0.5) is 17.1 Å². The molecule has 0 atom stereocenters. The molecule has 0 saturated heterocycles. The molecule has 1 heterocycles. The minimum absolute atomic E-state index is 0.237. The second-order valence-electron chi connectivity index (χ2n) is 5.90. The first-order valence-electron chi connectivity index (χ1n) is 8.42. The third kappa shape index (κ3) is 3.55. The van der Waals surface area contributed by atoms with Crippen LogP contribution in [0, 0.1) is 0 Å². The maximum absolute atomic E-state index is 11.5. The quantitative estimate of drug-likeness (QED) is 0.585. The van der Waals surface area contributed by atoms with E-state index >= 15 is 0 Å². The zero-order valence-electron chi connectivity index (χ0n) is 14.3. The number of nitrogens with one attached hydrogen (secondary N) is 2. The Morgan fingerprint density at radius 1 is 0.630 bits per heavy atom. The lowest BCUT2D eigenvalue weighted by atomic mass is 10.1. The normalized spacial score (nSPS) is 10.5. The fourth-order valence-corrected chi connectivity index (χ4v) is 2.90. The Kier molecular flexibility index (Phi) is 4.37. The monoisotopic (exact) mass is 356 g/mol. The summed E-state index contributed by atoms with van der Waals surface area (Å²) in [7, 11) is 0. The first-order chi connectivity index (χ1) is 13.2. The van der Waals surface area contributed by atoms with Crippen LogP contribution in [0.25, 0.3) is 11.4 Å². The number of hydrogen-bond donors (Lipinski definition) is 2. The number of aromatic nitrogens is 3.